The number of fused-ring (bicyclic) bond motifs is 1. The van der Waals surface area contributed by atoms with Crippen LogP contribution in [0.5, 0.6) is 17.2 Å². The van der Waals surface area contributed by atoms with Gasteiger partial charge >= 0.3 is 0 Å². The van der Waals surface area contributed by atoms with Gasteiger partial charge in [-0.25, -0.2) is 0 Å². The van der Waals surface area contributed by atoms with E-state index in [1.54, 1.807) is 6.07 Å². The molecule has 0 fully saturated rings. The zero-order chi connectivity index (χ0) is 19.2. The molecule has 0 radical (unpaired) electrons. The third kappa shape index (κ3) is 4.09. The molecule has 4 rings (SSSR count). The van der Waals surface area contributed by atoms with Gasteiger partial charge in [0.15, 0.2) is 11.5 Å². The summed E-state index contributed by atoms with van der Waals surface area (Å²) in [6.45, 7) is 1.00. The molecule has 0 spiro atoms. The quantitative estimate of drug-likeness (QED) is 0.639. The van der Waals surface area contributed by atoms with Gasteiger partial charge in [0.05, 0.1) is 12.5 Å². The topological polar surface area (TPSA) is 56.8 Å². The van der Waals surface area contributed by atoms with Crippen LogP contribution >= 0.6 is 0 Å². The predicted molar refractivity (Wildman–Crippen MR) is 106 cm³/mol. The monoisotopic (exact) mass is 375 g/mol. The van der Waals surface area contributed by atoms with Gasteiger partial charge in [-0.1, -0.05) is 60.7 Å². The maximum absolute atomic E-state index is 12.9. The van der Waals surface area contributed by atoms with Crippen LogP contribution in [0.1, 0.15) is 17.0 Å². The Bertz CT molecular complexity index is 888. The van der Waals surface area contributed by atoms with E-state index in [2.05, 4.69) is 5.32 Å². The second-order valence-electron chi connectivity index (χ2n) is 6.41. The molecule has 1 aliphatic heterocycles. The molecule has 0 saturated heterocycles. The largest absolute Gasteiger partial charge is 0.492 e. The van der Waals surface area contributed by atoms with Crippen molar-refractivity contribution in [2.75, 3.05) is 19.9 Å². The molecule has 1 heterocycles. The first kappa shape index (κ1) is 17.9. The Morgan fingerprint density at radius 1 is 0.893 bits per heavy atom. The molecule has 0 aromatic heterocycles. The first-order chi connectivity index (χ1) is 13.8. The van der Waals surface area contributed by atoms with E-state index in [0.717, 1.165) is 11.1 Å². The molecular weight excluding hydrogens is 354 g/mol. The molecule has 0 aliphatic carbocycles. The van der Waals surface area contributed by atoms with Crippen molar-refractivity contribution < 1.29 is 19.0 Å². The van der Waals surface area contributed by atoms with Crippen LogP contribution in [0.4, 0.5) is 0 Å². The molecule has 0 unspecified atom stereocenters. The number of ether oxygens (including phenoxy) is 3. The van der Waals surface area contributed by atoms with Crippen molar-refractivity contribution in [3.8, 4) is 17.2 Å². The second-order valence-corrected chi connectivity index (χ2v) is 6.41. The molecule has 1 amide bonds. The second kappa shape index (κ2) is 8.48. The number of hydrogen-bond acceptors (Lipinski definition) is 4. The summed E-state index contributed by atoms with van der Waals surface area (Å²) >= 11 is 0. The Morgan fingerprint density at radius 2 is 1.54 bits per heavy atom. The van der Waals surface area contributed by atoms with Crippen LogP contribution in [0, 0.1) is 0 Å². The van der Waals surface area contributed by atoms with Crippen LogP contribution in [-0.2, 0) is 4.79 Å². The number of rotatable bonds is 7. The lowest BCUT2D eigenvalue weighted by atomic mass is 9.90. The average Bonchev–Trinajstić information content (AvgIpc) is 3.21. The number of amides is 1. The Hall–Kier alpha value is -3.47. The summed E-state index contributed by atoms with van der Waals surface area (Å²) in [5, 5.41) is 2.98. The fourth-order valence-electron chi connectivity index (χ4n) is 3.20. The van der Waals surface area contributed by atoms with Gasteiger partial charge in [0.1, 0.15) is 12.4 Å². The summed E-state index contributed by atoms with van der Waals surface area (Å²) in [6.07, 6.45) is 0. The van der Waals surface area contributed by atoms with Gasteiger partial charge in [-0.3, -0.25) is 4.79 Å². The predicted octanol–water partition coefficient (Wildman–Crippen LogP) is 3.74. The fraction of sp³-hybridized carbons (Fsp3) is 0.174. The SMILES string of the molecule is O=C(NCCOc1ccc2c(c1)OCO2)C(c1ccccc1)c1ccccc1. The molecule has 0 atom stereocenters. The Labute approximate surface area is 163 Å². The third-order valence-corrected chi connectivity index (χ3v) is 4.54. The number of hydrogen-bond donors (Lipinski definition) is 1. The molecule has 0 saturated carbocycles. The van der Waals surface area contributed by atoms with Crippen molar-refractivity contribution in [1.29, 1.82) is 0 Å². The van der Waals surface area contributed by atoms with E-state index in [-0.39, 0.29) is 18.6 Å². The molecule has 28 heavy (non-hydrogen) atoms. The van der Waals surface area contributed by atoms with Crippen molar-refractivity contribution >= 4 is 5.91 Å². The highest BCUT2D eigenvalue weighted by Gasteiger charge is 2.22. The molecule has 5 heteroatoms. The number of carbonyl (C=O) groups is 1. The first-order valence-electron chi connectivity index (χ1n) is 9.21. The van der Waals surface area contributed by atoms with Crippen molar-refractivity contribution in [2.24, 2.45) is 0 Å². The normalized spacial score (nSPS) is 12.0. The Kier molecular flexibility index (Phi) is 5.43. The number of benzene rings is 3. The maximum Gasteiger partial charge on any atom is 0.232 e. The molecule has 1 N–H and O–H groups in total. The van der Waals surface area contributed by atoms with Gasteiger partial charge in [0, 0.05) is 6.07 Å². The van der Waals surface area contributed by atoms with Crippen LogP contribution in [0.25, 0.3) is 0 Å². The van der Waals surface area contributed by atoms with E-state index in [1.807, 2.05) is 72.8 Å². The summed E-state index contributed by atoms with van der Waals surface area (Å²) in [4.78, 5) is 12.9. The van der Waals surface area contributed by atoms with Crippen LogP contribution in [0.2, 0.25) is 0 Å². The first-order valence-corrected chi connectivity index (χ1v) is 9.21. The molecule has 1 aliphatic rings. The van der Waals surface area contributed by atoms with Gasteiger partial charge in [-0.15, -0.1) is 0 Å². The summed E-state index contributed by atoms with van der Waals surface area (Å²) < 4.78 is 16.3. The van der Waals surface area contributed by atoms with E-state index < -0.39 is 0 Å². The highest BCUT2D eigenvalue weighted by atomic mass is 16.7. The van der Waals surface area contributed by atoms with Crippen molar-refractivity contribution in [3.05, 3.63) is 90.0 Å². The number of carbonyl (C=O) groups excluding carboxylic acids is 1. The smallest absolute Gasteiger partial charge is 0.232 e. The highest BCUT2D eigenvalue weighted by molar-refractivity contribution is 5.87. The van der Waals surface area contributed by atoms with E-state index in [1.165, 1.54) is 0 Å². The minimum Gasteiger partial charge on any atom is -0.492 e. The minimum atomic E-state index is -0.354. The Balaban J connectivity index is 1.37. The fourth-order valence-corrected chi connectivity index (χ4v) is 3.20. The summed E-state index contributed by atoms with van der Waals surface area (Å²) in [5.74, 6) is 1.67. The maximum atomic E-state index is 12.9. The van der Waals surface area contributed by atoms with Gasteiger partial charge in [-0.2, -0.15) is 0 Å². The summed E-state index contributed by atoms with van der Waals surface area (Å²) in [6, 6.07) is 25.0. The molecule has 142 valence electrons. The van der Waals surface area contributed by atoms with Crippen LogP contribution in [0.3, 0.4) is 0 Å². The molecule has 5 nitrogen and oxygen atoms in total. The van der Waals surface area contributed by atoms with E-state index in [0.29, 0.717) is 30.4 Å². The minimum absolute atomic E-state index is 0.0494. The zero-order valence-corrected chi connectivity index (χ0v) is 15.3. The molecular formula is C23H21NO4. The van der Waals surface area contributed by atoms with Gasteiger partial charge in [0.25, 0.3) is 0 Å². The highest BCUT2D eigenvalue weighted by Crippen LogP contribution is 2.35. The lowest BCUT2D eigenvalue weighted by molar-refractivity contribution is -0.121. The zero-order valence-electron chi connectivity index (χ0n) is 15.3. The summed E-state index contributed by atoms with van der Waals surface area (Å²) in [5.41, 5.74) is 1.92. The lowest BCUT2D eigenvalue weighted by Crippen LogP contribution is -2.33. The van der Waals surface area contributed by atoms with E-state index in [9.17, 15) is 4.79 Å². The van der Waals surface area contributed by atoms with Gasteiger partial charge in [0.2, 0.25) is 12.7 Å². The van der Waals surface area contributed by atoms with Crippen molar-refractivity contribution in [1.82, 2.24) is 5.32 Å². The van der Waals surface area contributed by atoms with Gasteiger partial charge in [-0.05, 0) is 23.3 Å². The van der Waals surface area contributed by atoms with Crippen LogP contribution in [0.15, 0.2) is 78.9 Å². The lowest BCUT2D eigenvalue weighted by Gasteiger charge is -2.18. The van der Waals surface area contributed by atoms with Crippen molar-refractivity contribution in [2.45, 2.75) is 5.92 Å². The standard InChI is InChI=1S/C23H21NO4/c25-23(22(17-7-3-1-4-8-17)18-9-5-2-6-10-18)24-13-14-26-19-11-12-20-21(15-19)28-16-27-20/h1-12,15,22H,13-14,16H2,(H,24,25). The summed E-state index contributed by atoms with van der Waals surface area (Å²) in [7, 11) is 0. The van der Waals surface area contributed by atoms with Gasteiger partial charge < -0.3 is 19.5 Å². The van der Waals surface area contributed by atoms with Crippen LogP contribution in [-0.4, -0.2) is 25.9 Å². The molecule has 3 aromatic carbocycles. The Morgan fingerprint density at radius 3 is 2.21 bits per heavy atom. The third-order valence-electron chi connectivity index (χ3n) is 4.54. The average molecular weight is 375 g/mol. The molecule has 3 aromatic rings. The van der Waals surface area contributed by atoms with E-state index in [4.69, 9.17) is 14.2 Å². The molecule has 0 bridgehead atoms. The van der Waals surface area contributed by atoms with Crippen molar-refractivity contribution in [3.63, 3.8) is 0 Å². The van der Waals surface area contributed by atoms with Crippen LogP contribution < -0.4 is 19.5 Å². The van der Waals surface area contributed by atoms with E-state index >= 15 is 0 Å². The number of nitrogens with one attached hydrogen (secondary N) is 1.